The molecule has 1 aromatic rings. The van der Waals surface area contributed by atoms with Crippen LogP contribution < -0.4 is 0 Å². The molecule has 0 amide bonds. The number of halogens is 3. The minimum absolute atomic E-state index is 0.170. The molecule has 0 aromatic heterocycles. The van der Waals surface area contributed by atoms with Gasteiger partial charge in [0, 0.05) is 6.07 Å². The Labute approximate surface area is 77.6 Å². The molecule has 1 fully saturated rings. The SMILES string of the molecule is Oc1cc(F)c(F)c(C2(O)CC2)c1F. The first-order valence-corrected chi connectivity index (χ1v) is 4.05. The number of aliphatic hydroxyl groups is 1. The Bertz CT molecular complexity index is 373. The second-order valence-corrected chi connectivity index (χ2v) is 3.41. The molecule has 2 N–H and O–H groups in total. The van der Waals surface area contributed by atoms with Crippen LogP contribution in [0.4, 0.5) is 13.2 Å². The normalized spacial score (nSPS) is 18.3. The minimum atomic E-state index is -1.65. The van der Waals surface area contributed by atoms with E-state index in [-0.39, 0.29) is 12.8 Å². The van der Waals surface area contributed by atoms with Gasteiger partial charge in [-0.1, -0.05) is 0 Å². The lowest BCUT2D eigenvalue weighted by atomic mass is 10.1. The van der Waals surface area contributed by atoms with Crippen LogP contribution >= 0.6 is 0 Å². The zero-order valence-electron chi connectivity index (χ0n) is 7.02. The summed E-state index contributed by atoms with van der Waals surface area (Å²) in [6.45, 7) is 0. The van der Waals surface area contributed by atoms with Crippen molar-refractivity contribution in [3.8, 4) is 5.75 Å². The molecular weight excluding hydrogens is 197 g/mol. The van der Waals surface area contributed by atoms with Crippen molar-refractivity contribution >= 4 is 0 Å². The van der Waals surface area contributed by atoms with E-state index in [1.165, 1.54) is 0 Å². The summed E-state index contributed by atoms with van der Waals surface area (Å²) in [5, 5.41) is 18.4. The summed E-state index contributed by atoms with van der Waals surface area (Å²) in [7, 11) is 0. The number of phenols is 1. The Hall–Kier alpha value is -1.23. The molecule has 0 heterocycles. The van der Waals surface area contributed by atoms with Crippen LogP contribution in [0.15, 0.2) is 6.07 Å². The Morgan fingerprint density at radius 2 is 1.71 bits per heavy atom. The van der Waals surface area contributed by atoms with Crippen LogP contribution in [0.3, 0.4) is 0 Å². The third-order valence-electron chi connectivity index (χ3n) is 2.33. The first kappa shape index (κ1) is 9.33. The maximum atomic E-state index is 13.2. The smallest absolute Gasteiger partial charge is 0.174 e. The number of aromatic hydroxyl groups is 1. The maximum absolute atomic E-state index is 13.2. The quantitative estimate of drug-likeness (QED) is 0.684. The molecule has 76 valence electrons. The van der Waals surface area contributed by atoms with Gasteiger partial charge in [0.2, 0.25) is 0 Å². The van der Waals surface area contributed by atoms with Gasteiger partial charge in [0.05, 0.1) is 11.2 Å². The molecule has 1 aliphatic rings. The van der Waals surface area contributed by atoms with Crippen molar-refractivity contribution in [2.24, 2.45) is 0 Å². The average molecular weight is 204 g/mol. The molecule has 2 nitrogen and oxygen atoms in total. The van der Waals surface area contributed by atoms with Crippen LogP contribution in [-0.4, -0.2) is 10.2 Å². The molecule has 0 saturated heterocycles. The van der Waals surface area contributed by atoms with Gasteiger partial charge in [0.15, 0.2) is 23.2 Å². The Balaban J connectivity index is 2.68. The van der Waals surface area contributed by atoms with Gasteiger partial charge >= 0.3 is 0 Å². The molecule has 5 heteroatoms. The summed E-state index contributed by atoms with van der Waals surface area (Å²) in [4.78, 5) is 0. The average Bonchev–Trinajstić information content (AvgIpc) is 2.81. The van der Waals surface area contributed by atoms with Gasteiger partial charge in [-0.05, 0) is 12.8 Å². The summed E-state index contributed by atoms with van der Waals surface area (Å²) in [6.07, 6.45) is 0.341. The Morgan fingerprint density at radius 3 is 2.21 bits per heavy atom. The van der Waals surface area contributed by atoms with Gasteiger partial charge in [0.25, 0.3) is 0 Å². The van der Waals surface area contributed by atoms with Crippen molar-refractivity contribution in [3.05, 3.63) is 29.1 Å². The van der Waals surface area contributed by atoms with Crippen molar-refractivity contribution in [3.63, 3.8) is 0 Å². The second kappa shape index (κ2) is 2.63. The molecule has 1 aromatic carbocycles. The number of hydrogen-bond donors (Lipinski definition) is 2. The van der Waals surface area contributed by atoms with Gasteiger partial charge in [-0.2, -0.15) is 0 Å². The van der Waals surface area contributed by atoms with Crippen molar-refractivity contribution in [1.82, 2.24) is 0 Å². The van der Waals surface area contributed by atoms with Crippen LogP contribution in [0, 0.1) is 17.5 Å². The zero-order valence-corrected chi connectivity index (χ0v) is 7.02. The highest BCUT2D eigenvalue weighted by atomic mass is 19.2. The first-order valence-electron chi connectivity index (χ1n) is 4.05. The second-order valence-electron chi connectivity index (χ2n) is 3.41. The molecule has 14 heavy (non-hydrogen) atoms. The molecule has 0 bridgehead atoms. The van der Waals surface area contributed by atoms with Crippen LogP contribution in [0.1, 0.15) is 18.4 Å². The van der Waals surface area contributed by atoms with Crippen molar-refractivity contribution in [2.45, 2.75) is 18.4 Å². The fourth-order valence-electron chi connectivity index (χ4n) is 1.37. The molecule has 0 spiro atoms. The van der Waals surface area contributed by atoms with Crippen LogP contribution in [0.25, 0.3) is 0 Å². The molecule has 0 aliphatic heterocycles. The Kier molecular flexibility index (Phi) is 1.75. The lowest BCUT2D eigenvalue weighted by molar-refractivity contribution is 0.139. The Morgan fingerprint density at radius 1 is 1.14 bits per heavy atom. The van der Waals surface area contributed by atoms with E-state index in [0.29, 0.717) is 6.07 Å². The largest absolute Gasteiger partial charge is 0.505 e. The van der Waals surface area contributed by atoms with Crippen molar-refractivity contribution in [2.75, 3.05) is 0 Å². The van der Waals surface area contributed by atoms with Gasteiger partial charge < -0.3 is 10.2 Å². The van der Waals surface area contributed by atoms with E-state index in [1.807, 2.05) is 0 Å². The maximum Gasteiger partial charge on any atom is 0.174 e. The van der Waals surface area contributed by atoms with Crippen molar-refractivity contribution in [1.29, 1.82) is 0 Å². The van der Waals surface area contributed by atoms with E-state index in [1.54, 1.807) is 0 Å². The van der Waals surface area contributed by atoms with Gasteiger partial charge in [-0.15, -0.1) is 0 Å². The van der Waals surface area contributed by atoms with Crippen LogP contribution in [0.5, 0.6) is 5.75 Å². The predicted octanol–water partition coefficient (Wildman–Crippen LogP) is 1.79. The first-order chi connectivity index (χ1) is 6.46. The highest BCUT2D eigenvalue weighted by Gasteiger charge is 2.47. The van der Waals surface area contributed by atoms with Crippen LogP contribution in [0.2, 0.25) is 0 Å². The summed E-state index contributed by atoms with van der Waals surface area (Å²) >= 11 is 0. The monoisotopic (exact) mass is 204 g/mol. The van der Waals surface area contributed by atoms with E-state index in [9.17, 15) is 18.3 Å². The molecule has 0 radical (unpaired) electrons. The summed E-state index contributed by atoms with van der Waals surface area (Å²) in [5.41, 5.74) is -2.41. The zero-order chi connectivity index (χ0) is 10.5. The minimum Gasteiger partial charge on any atom is -0.505 e. The van der Waals surface area contributed by atoms with Gasteiger partial charge in [-0.3, -0.25) is 0 Å². The van der Waals surface area contributed by atoms with E-state index >= 15 is 0 Å². The lowest BCUT2D eigenvalue weighted by Gasteiger charge is -2.11. The number of benzene rings is 1. The van der Waals surface area contributed by atoms with Gasteiger partial charge in [0.1, 0.15) is 0 Å². The number of hydrogen-bond acceptors (Lipinski definition) is 2. The number of phenolic OH excluding ortho intramolecular Hbond substituents is 1. The third kappa shape index (κ3) is 1.16. The van der Waals surface area contributed by atoms with Gasteiger partial charge in [-0.25, -0.2) is 13.2 Å². The molecule has 2 rings (SSSR count). The fraction of sp³-hybridized carbons (Fsp3) is 0.333. The summed E-state index contributed by atoms with van der Waals surface area (Å²) in [5.74, 6) is -5.07. The molecule has 1 saturated carbocycles. The van der Waals surface area contributed by atoms with Crippen molar-refractivity contribution < 1.29 is 23.4 Å². The predicted molar refractivity (Wildman–Crippen MR) is 41.1 cm³/mol. The van der Waals surface area contributed by atoms with E-state index < -0.39 is 34.4 Å². The lowest BCUT2D eigenvalue weighted by Crippen LogP contribution is -2.12. The highest BCUT2D eigenvalue weighted by molar-refractivity contribution is 5.38. The highest BCUT2D eigenvalue weighted by Crippen LogP contribution is 2.48. The van der Waals surface area contributed by atoms with E-state index in [4.69, 9.17) is 5.11 Å². The summed E-state index contributed by atoms with van der Waals surface area (Å²) < 4.78 is 39.0. The fourth-order valence-corrected chi connectivity index (χ4v) is 1.37. The standard InChI is InChI=1S/C9H7F3O2/c10-4-3-5(13)8(12)6(7(4)11)9(14)1-2-9/h3,13-14H,1-2H2. The molecule has 0 atom stereocenters. The third-order valence-corrected chi connectivity index (χ3v) is 2.33. The van der Waals surface area contributed by atoms with E-state index in [2.05, 4.69) is 0 Å². The molecule has 0 unspecified atom stereocenters. The van der Waals surface area contributed by atoms with E-state index in [0.717, 1.165) is 0 Å². The summed E-state index contributed by atoms with van der Waals surface area (Å²) in [6, 6.07) is 0.347. The molecule has 1 aliphatic carbocycles. The van der Waals surface area contributed by atoms with Crippen LogP contribution in [-0.2, 0) is 5.60 Å². The topological polar surface area (TPSA) is 40.5 Å². The number of rotatable bonds is 1. The molecular formula is C9H7F3O2.